The first kappa shape index (κ1) is 11.7. The molecule has 0 aliphatic heterocycles. The number of imidazole rings is 1. The second-order valence-corrected chi connectivity index (χ2v) is 4.27. The minimum atomic E-state index is 0.738. The summed E-state index contributed by atoms with van der Waals surface area (Å²) < 4.78 is 7.82. The van der Waals surface area contributed by atoms with Gasteiger partial charge in [-0.2, -0.15) is 0 Å². The molecule has 2 rings (SSSR count). The van der Waals surface area contributed by atoms with Crippen LogP contribution in [0.4, 0.5) is 0 Å². The molecule has 90 valence electrons. The lowest BCUT2D eigenvalue weighted by Gasteiger charge is -2.09. The summed E-state index contributed by atoms with van der Waals surface area (Å²) in [5.41, 5.74) is 2.47. The number of nitrogens with zero attached hydrogens (tertiary/aromatic N) is 2. The summed E-state index contributed by atoms with van der Waals surface area (Å²) in [7, 11) is 0. The third-order valence-electron chi connectivity index (χ3n) is 2.71. The molecule has 3 nitrogen and oxygen atoms in total. The molecule has 1 heterocycles. The van der Waals surface area contributed by atoms with Crippen LogP contribution in [0.1, 0.15) is 17.5 Å². The number of aryl methyl sites for hydroxylation is 3. The van der Waals surface area contributed by atoms with Crippen molar-refractivity contribution in [1.82, 2.24) is 9.55 Å². The zero-order valence-corrected chi connectivity index (χ0v) is 10.4. The molecule has 0 fully saturated rings. The Hall–Kier alpha value is -1.77. The first-order valence-corrected chi connectivity index (χ1v) is 5.91. The van der Waals surface area contributed by atoms with Crippen molar-refractivity contribution in [3.05, 3.63) is 48.0 Å². The monoisotopic (exact) mass is 230 g/mol. The minimum absolute atomic E-state index is 0.738. The van der Waals surface area contributed by atoms with Crippen molar-refractivity contribution in [3.8, 4) is 5.75 Å². The van der Waals surface area contributed by atoms with E-state index in [0.29, 0.717) is 0 Å². The number of rotatable bonds is 5. The molecule has 0 unspecified atom stereocenters. The van der Waals surface area contributed by atoms with Crippen LogP contribution in [0.5, 0.6) is 5.75 Å². The lowest BCUT2D eigenvalue weighted by molar-refractivity contribution is 0.300. The van der Waals surface area contributed by atoms with Crippen LogP contribution in [0.25, 0.3) is 0 Å². The van der Waals surface area contributed by atoms with Crippen molar-refractivity contribution >= 4 is 0 Å². The van der Waals surface area contributed by atoms with Gasteiger partial charge in [0.05, 0.1) is 12.9 Å². The lowest BCUT2D eigenvalue weighted by Crippen LogP contribution is -2.03. The fourth-order valence-corrected chi connectivity index (χ4v) is 1.81. The number of hydrogen-bond donors (Lipinski definition) is 0. The second kappa shape index (κ2) is 5.53. The van der Waals surface area contributed by atoms with E-state index >= 15 is 0 Å². The van der Waals surface area contributed by atoms with Crippen molar-refractivity contribution in [1.29, 1.82) is 0 Å². The van der Waals surface area contributed by atoms with E-state index in [-0.39, 0.29) is 0 Å². The highest BCUT2D eigenvalue weighted by Gasteiger charge is 1.99. The normalized spacial score (nSPS) is 10.5. The van der Waals surface area contributed by atoms with Crippen LogP contribution >= 0.6 is 0 Å². The third-order valence-corrected chi connectivity index (χ3v) is 2.71. The fourth-order valence-electron chi connectivity index (χ4n) is 1.81. The summed E-state index contributed by atoms with van der Waals surface area (Å²) in [6, 6.07) is 6.27. The molecule has 0 aliphatic rings. The van der Waals surface area contributed by atoms with Gasteiger partial charge in [-0.25, -0.2) is 4.98 Å². The van der Waals surface area contributed by atoms with Gasteiger partial charge in [-0.1, -0.05) is 17.7 Å². The van der Waals surface area contributed by atoms with E-state index in [2.05, 4.69) is 35.5 Å². The number of hydrogen-bond acceptors (Lipinski definition) is 2. The highest BCUT2D eigenvalue weighted by atomic mass is 16.5. The predicted octanol–water partition coefficient (Wildman–Crippen LogP) is 2.97. The SMILES string of the molecule is Cc1ccc(OCCCn2ccnc2)c(C)c1. The number of aromatic nitrogens is 2. The van der Waals surface area contributed by atoms with Crippen LogP contribution in [-0.4, -0.2) is 16.2 Å². The molecule has 0 saturated heterocycles. The van der Waals surface area contributed by atoms with Crippen LogP contribution < -0.4 is 4.74 Å². The highest BCUT2D eigenvalue weighted by molar-refractivity contribution is 5.35. The standard InChI is InChI=1S/C14H18N2O/c1-12-4-5-14(13(2)10-12)17-9-3-7-16-8-6-15-11-16/h4-6,8,10-11H,3,7,9H2,1-2H3. The van der Waals surface area contributed by atoms with Gasteiger partial charge in [0.2, 0.25) is 0 Å². The maximum atomic E-state index is 5.76. The molecule has 0 bridgehead atoms. The maximum Gasteiger partial charge on any atom is 0.122 e. The minimum Gasteiger partial charge on any atom is -0.493 e. The highest BCUT2D eigenvalue weighted by Crippen LogP contribution is 2.18. The lowest BCUT2D eigenvalue weighted by atomic mass is 10.1. The molecule has 0 aliphatic carbocycles. The first-order chi connectivity index (χ1) is 8.25. The van der Waals surface area contributed by atoms with E-state index in [9.17, 15) is 0 Å². The second-order valence-electron chi connectivity index (χ2n) is 4.27. The van der Waals surface area contributed by atoms with Gasteiger partial charge in [0, 0.05) is 18.9 Å². The summed E-state index contributed by atoms with van der Waals surface area (Å²) in [6.07, 6.45) is 6.59. The Bertz CT molecular complexity index is 463. The van der Waals surface area contributed by atoms with E-state index in [1.807, 2.05) is 18.6 Å². The van der Waals surface area contributed by atoms with Gasteiger partial charge in [-0.05, 0) is 31.9 Å². The average Bonchev–Trinajstić information content (AvgIpc) is 2.79. The van der Waals surface area contributed by atoms with E-state index in [0.717, 1.165) is 25.3 Å². The van der Waals surface area contributed by atoms with E-state index in [1.54, 1.807) is 6.20 Å². The molecule has 0 saturated carbocycles. The van der Waals surface area contributed by atoms with Crippen molar-refractivity contribution in [3.63, 3.8) is 0 Å². The molecule has 17 heavy (non-hydrogen) atoms. The Morgan fingerprint density at radius 3 is 2.88 bits per heavy atom. The summed E-state index contributed by atoms with van der Waals surface area (Å²) in [6.45, 7) is 5.86. The zero-order chi connectivity index (χ0) is 12.1. The molecule has 2 aromatic rings. The molecule has 0 radical (unpaired) electrons. The van der Waals surface area contributed by atoms with Gasteiger partial charge in [-0.3, -0.25) is 0 Å². The molecule has 0 amide bonds. The molecular weight excluding hydrogens is 212 g/mol. The van der Waals surface area contributed by atoms with Crippen LogP contribution in [0.2, 0.25) is 0 Å². The molecule has 0 N–H and O–H groups in total. The largest absolute Gasteiger partial charge is 0.493 e. The topological polar surface area (TPSA) is 27.1 Å². The third kappa shape index (κ3) is 3.34. The van der Waals surface area contributed by atoms with Gasteiger partial charge in [0.15, 0.2) is 0 Å². The summed E-state index contributed by atoms with van der Waals surface area (Å²) in [5.74, 6) is 0.987. The molecular formula is C14H18N2O. The Morgan fingerprint density at radius 1 is 1.29 bits per heavy atom. The quantitative estimate of drug-likeness (QED) is 0.738. The van der Waals surface area contributed by atoms with E-state index in [4.69, 9.17) is 4.74 Å². The van der Waals surface area contributed by atoms with Gasteiger partial charge in [-0.15, -0.1) is 0 Å². The molecule has 0 spiro atoms. The maximum absolute atomic E-state index is 5.76. The van der Waals surface area contributed by atoms with E-state index in [1.165, 1.54) is 11.1 Å². The Morgan fingerprint density at radius 2 is 2.18 bits per heavy atom. The van der Waals surface area contributed by atoms with Crippen LogP contribution in [0.15, 0.2) is 36.9 Å². The van der Waals surface area contributed by atoms with E-state index < -0.39 is 0 Å². The molecule has 3 heteroatoms. The Kier molecular flexibility index (Phi) is 3.81. The van der Waals surface area contributed by atoms with Gasteiger partial charge < -0.3 is 9.30 Å². The van der Waals surface area contributed by atoms with Gasteiger partial charge in [0.1, 0.15) is 5.75 Å². The summed E-state index contributed by atoms with van der Waals surface area (Å²) >= 11 is 0. The Balaban J connectivity index is 1.78. The average molecular weight is 230 g/mol. The smallest absolute Gasteiger partial charge is 0.122 e. The van der Waals surface area contributed by atoms with Gasteiger partial charge >= 0.3 is 0 Å². The summed E-state index contributed by atoms with van der Waals surface area (Å²) in [5, 5.41) is 0. The van der Waals surface area contributed by atoms with Crippen LogP contribution in [-0.2, 0) is 6.54 Å². The molecule has 0 atom stereocenters. The van der Waals surface area contributed by atoms with Crippen molar-refractivity contribution in [2.24, 2.45) is 0 Å². The summed E-state index contributed by atoms with van der Waals surface area (Å²) in [4.78, 5) is 4.01. The Labute approximate surface area is 102 Å². The number of ether oxygens (including phenoxy) is 1. The molecule has 1 aromatic heterocycles. The first-order valence-electron chi connectivity index (χ1n) is 5.91. The predicted molar refractivity (Wildman–Crippen MR) is 68.3 cm³/mol. The number of benzene rings is 1. The fraction of sp³-hybridized carbons (Fsp3) is 0.357. The van der Waals surface area contributed by atoms with Crippen LogP contribution in [0.3, 0.4) is 0 Å². The van der Waals surface area contributed by atoms with Gasteiger partial charge in [0.25, 0.3) is 0 Å². The van der Waals surface area contributed by atoms with Crippen molar-refractivity contribution < 1.29 is 4.74 Å². The molecule has 1 aromatic carbocycles. The zero-order valence-electron chi connectivity index (χ0n) is 10.4. The van der Waals surface area contributed by atoms with Crippen LogP contribution in [0, 0.1) is 13.8 Å². The van der Waals surface area contributed by atoms with Crippen molar-refractivity contribution in [2.45, 2.75) is 26.8 Å². The van der Waals surface area contributed by atoms with Crippen molar-refractivity contribution in [2.75, 3.05) is 6.61 Å².